The van der Waals surface area contributed by atoms with Crippen LogP contribution in [0.25, 0.3) is 0 Å². The molecular formula is C11H22N2O4S. The number of nitrogens with one attached hydrogen (secondary N) is 2. The Morgan fingerprint density at radius 2 is 2.11 bits per heavy atom. The predicted molar refractivity (Wildman–Crippen MR) is 72.0 cm³/mol. The summed E-state index contributed by atoms with van der Waals surface area (Å²) in [4.78, 5) is 22.0. The van der Waals surface area contributed by atoms with Gasteiger partial charge in [-0.25, -0.2) is 4.79 Å². The fraction of sp³-hybridized carbons (Fsp3) is 0.818. The smallest absolute Gasteiger partial charge is 0.315 e. The number of thioether (sulfide) groups is 1. The number of carboxylic acid groups (broad SMARTS) is 1. The van der Waals surface area contributed by atoms with E-state index in [1.807, 2.05) is 13.2 Å². The van der Waals surface area contributed by atoms with Gasteiger partial charge in [0.1, 0.15) is 0 Å². The van der Waals surface area contributed by atoms with Gasteiger partial charge in [0.2, 0.25) is 0 Å². The molecule has 3 N–H and O–H groups in total. The Balaban J connectivity index is 3.83. The maximum Gasteiger partial charge on any atom is 0.315 e. The Labute approximate surface area is 112 Å². The largest absolute Gasteiger partial charge is 0.481 e. The van der Waals surface area contributed by atoms with Gasteiger partial charge in [-0.05, 0) is 25.4 Å². The lowest BCUT2D eigenvalue weighted by atomic mass is 10.2. The number of amides is 2. The SMILES string of the molecule is COC(CNC(=O)NC(C)CCSC)CC(=O)O. The molecule has 0 heterocycles. The molecule has 0 saturated carbocycles. The molecule has 0 aliphatic heterocycles. The van der Waals surface area contributed by atoms with Gasteiger partial charge in [0.15, 0.2) is 0 Å². The molecule has 0 bridgehead atoms. The Morgan fingerprint density at radius 3 is 2.61 bits per heavy atom. The minimum Gasteiger partial charge on any atom is -0.481 e. The summed E-state index contributed by atoms with van der Waals surface area (Å²) < 4.78 is 4.95. The number of hydrogen-bond acceptors (Lipinski definition) is 4. The van der Waals surface area contributed by atoms with E-state index in [0.717, 1.165) is 12.2 Å². The second-order valence-corrected chi connectivity index (χ2v) is 4.98. The second kappa shape index (κ2) is 10.0. The maximum atomic E-state index is 11.5. The first kappa shape index (κ1) is 17.1. The van der Waals surface area contributed by atoms with E-state index in [1.165, 1.54) is 7.11 Å². The van der Waals surface area contributed by atoms with Crippen molar-refractivity contribution in [3.05, 3.63) is 0 Å². The molecule has 0 aromatic carbocycles. The highest BCUT2D eigenvalue weighted by Crippen LogP contribution is 1.99. The fourth-order valence-corrected chi connectivity index (χ4v) is 1.87. The van der Waals surface area contributed by atoms with Crippen molar-refractivity contribution in [2.45, 2.75) is 31.9 Å². The normalized spacial score (nSPS) is 13.7. The van der Waals surface area contributed by atoms with Gasteiger partial charge >= 0.3 is 12.0 Å². The van der Waals surface area contributed by atoms with Crippen molar-refractivity contribution in [1.29, 1.82) is 0 Å². The topological polar surface area (TPSA) is 87.7 Å². The molecule has 0 radical (unpaired) electrons. The summed E-state index contributed by atoms with van der Waals surface area (Å²) in [5, 5.41) is 14.0. The monoisotopic (exact) mass is 278 g/mol. The van der Waals surface area contributed by atoms with E-state index in [2.05, 4.69) is 10.6 Å². The van der Waals surface area contributed by atoms with E-state index >= 15 is 0 Å². The summed E-state index contributed by atoms with van der Waals surface area (Å²) in [6.45, 7) is 2.12. The molecule has 18 heavy (non-hydrogen) atoms. The fourth-order valence-electron chi connectivity index (χ4n) is 1.28. The Bertz CT molecular complexity index is 263. The predicted octanol–water partition coefficient (Wildman–Crippen LogP) is 0.917. The lowest BCUT2D eigenvalue weighted by Crippen LogP contribution is -2.44. The van der Waals surface area contributed by atoms with E-state index < -0.39 is 12.1 Å². The Hall–Kier alpha value is -0.950. The second-order valence-electron chi connectivity index (χ2n) is 3.99. The quantitative estimate of drug-likeness (QED) is 0.583. The molecule has 0 aliphatic carbocycles. The van der Waals surface area contributed by atoms with Crippen LogP contribution in [0.4, 0.5) is 4.79 Å². The molecule has 7 heteroatoms. The van der Waals surface area contributed by atoms with E-state index in [1.54, 1.807) is 11.8 Å². The first-order valence-electron chi connectivity index (χ1n) is 5.77. The number of aliphatic carboxylic acids is 1. The van der Waals surface area contributed by atoms with E-state index in [9.17, 15) is 9.59 Å². The number of urea groups is 1. The first-order valence-corrected chi connectivity index (χ1v) is 7.16. The summed E-state index contributed by atoms with van der Waals surface area (Å²) >= 11 is 1.73. The molecule has 0 aromatic heterocycles. The first-order chi connectivity index (χ1) is 8.49. The number of methoxy groups -OCH3 is 1. The van der Waals surface area contributed by atoms with Crippen molar-refractivity contribution < 1.29 is 19.4 Å². The molecule has 0 fully saturated rings. The molecule has 106 valence electrons. The van der Waals surface area contributed by atoms with Crippen LogP contribution in [0.3, 0.4) is 0 Å². The standard InChI is InChI=1S/C11H22N2O4S/c1-8(4-5-18-3)13-11(16)12-7-9(17-2)6-10(14)15/h8-9H,4-7H2,1-3H3,(H,14,15)(H2,12,13,16). The summed E-state index contributed by atoms with van der Waals surface area (Å²) in [6.07, 6.45) is 2.28. The van der Waals surface area contributed by atoms with E-state index in [4.69, 9.17) is 9.84 Å². The molecule has 2 unspecified atom stereocenters. The third-order valence-electron chi connectivity index (χ3n) is 2.36. The van der Waals surface area contributed by atoms with Crippen molar-refractivity contribution in [3.8, 4) is 0 Å². The van der Waals surface area contributed by atoms with Crippen LogP contribution < -0.4 is 10.6 Å². The Morgan fingerprint density at radius 1 is 1.44 bits per heavy atom. The van der Waals surface area contributed by atoms with Crippen molar-refractivity contribution in [3.63, 3.8) is 0 Å². The van der Waals surface area contributed by atoms with Gasteiger partial charge in [0.25, 0.3) is 0 Å². The molecule has 0 aliphatic rings. The third-order valence-corrected chi connectivity index (χ3v) is 3.00. The van der Waals surface area contributed by atoms with E-state index in [0.29, 0.717) is 0 Å². The van der Waals surface area contributed by atoms with Crippen molar-refractivity contribution in [1.82, 2.24) is 10.6 Å². The maximum absolute atomic E-state index is 11.5. The highest BCUT2D eigenvalue weighted by molar-refractivity contribution is 7.98. The summed E-state index contributed by atoms with van der Waals surface area (Å²) in [6, 6.07) is -0.200. The molecule has 0 rings (SSSR count). The molecule has 6 nitrogen and oxygen atoms in total. The number of carbonyl (C=O) groups is 2. The van der Waals surface area contributed by atoms with Gasteiger partial charge in [-0.3, -0.25) is 4.79 Å². The zero-order valence-corrected chi connectivity index (χ0v) is 11.9. The average molecular weight is 278 g/mol. The molecule has 2 amide bonds. The van der Waals surface area contributed by atoms with Crippen LogP contribution in [0.15, 0.2) is 0 Å². The Kier molecular flexibility index (Phi) is 9.49. The molecule has 0 aromatic rings. The highest BCUT2D eigenvalue weighted by atomic mass is 32.2. The minimum atomic E-state index is -0.947. The van der Waals surface area contributed by atoms with Gasteiger partial charge in [0, 0.05) is 19.7 Å². The van der Waals surface area contributed by atoms with Crippen molar-refractivity contribution in [2.24, 2.45) is 0 Å². The number of ether oxygens (including phenoxy) is 1. The molecular weight excluding hydrogens is 256 g/mol. The zero-order chi connectivity index (χ0) is 14.0. The zero-order valence-electron chi connectivity index (χ0n) is 11.1. The summed E-state index contributed by atoms with van der Waals surface area (Å²) in [5.74, 6) is 0.0404. The molecule has 2 atom stereocenters. The van der Waals surface area contributed by atoms with Crippen LogP contribution in [-0.4, -0.2) is 54.9 Å². The van der Waals surface area contributed by atoms with Gasteiger partial charge in [-0.1, -0.05) is 0 Å². The van der Waals surface area contributed by atoms with E-state index in [-0.39, 0.29) is 25.0 Å². The lowest BCUT2D eigenvalue weighted by Gasteiger charge is -2.17. The number of hydrogen-bond donors (Lipinski definition) is 3. The van der Waals surface area contributed by atoms with Crippen molar-refractivity contribution >= 4 is 23.8 Å². The van der Waals surface area contributed by atoms with Gasteiger partial charge in [0.05, 0.1) is 12.5 Å². The number of carboxylic acids is 1. The average Bonchev–Trinajstić information content (AvgIpc) is 2.31. The van der Waals surface area contributed by atoms with Crippen molar-refractivity contribution in [2.75, 3.05) is 25.7 Å². The molecule has 0 spiro atoms. The van der Waals surface area contributed by atoms with Crippen LogP contribution in [0.5, 0.6) is 0 Å². The van der Waals surface area contributed by atoms with Crippen LogP contribution in [0, 0.1) is 0 Å². The van der Waals surface area contributed by atoms with Crippen LogP contribution in [0.1, 0.15) is 19.8 Å². The third kappa shape index (κ3) is 9.12. The highest BCUT2D eigenvalue weighted by Gasteiger charge is 2.14. The summed E-state index contributed by atoms with van der Waals surface area (Å²) in [7, 11) is 1.42. The van der Waals surface area contributed by atoms with Crippen LogP contribution in [0.2, 0.25) is 0 Å². The lowest BCUT2D eigenvalue weighted by molar-refractivity contribution is -0.139. The van der Waals surface area contributed by atoms with Gasteiger partial charge < -0.3 is 20.5 Å². The number of carbonyl (C=O) groups excluding carboxylic acids is 1. The van der Waals surface area contributed by atoms with Crippen LogP contribution >= 0.6 is 11.8 Å². The molecule has 0 saturated heterocycles. The minimum absolute atomic E-state index is 0.0953. The van der Waals surface area contributed by atoms with Gasteiger partial charge in [-0.15, -0.1) is 0 Å². The summed E-state index contributed by atoms with van der Waals surface area (Å²) in [5.41, 5.74) is 0. The van der Waals surface area contributed by atoms with Gasteiger partial charge in [-0.2, -0.15) is 11.8 Å². The van der Waals surface area contributed by atoms with Crippen LogP contribution in [-0.2, 0) is 9.53 Å². The number of rotatable bonds is 9.